The van der Waals surface area contributed by atoms with E-state index >= 15 is 0 Å². The second-order valence-electron chi connectivity index (χ2n) is 8.73. The average Bonchev–Trinajstić information content (AvgIpc) is 3.10. The van der Waals surface area contributed by atoms with Gasteiger partial charge in [-0.05, 0) is 51.4 Å². The molecule has 0 amide bonds. The number of fused-ring (bicyclic) bond motifs is 1. The fourth-order valence-electron chi connectivity index (χ4n) is 4.94. The highest BCUT2D eigenvalue weighted by Gasteiger charge is 2.44. The average molecular weight is 371 g/mol. The Balaban J connectivity index is 1.34. The van der Waals surface area contributed by atoms with Crippen LogP contribution in [0.5, 0.6) is 0 Å². The highest BCUT2D eigenvalue weighted by molar-refractivity contribution is 5.33. The lowest BCUT2D eigenvalue weighted by Gasteiger charge is -2.36. The molecule has 0 bridgehead atoms. The number of aromatic nitrogens is 6. The summed E-state index contributed by atoms with van der Waals surface area (Å²) in [6.07, 6.45) is 8.70. The SMILES string of the molecule is CO[C@@H]1C[C@H]2CN(c3ncnn3C(C)C)C[C@H]2C[C@H]1n1cc(C2CC2)nn1. The molecule has 5 rings (SSSR count). The zero-order valence-electron chi connectivity index (χ0n) is 16.4. The van der Waals surface area contributed by atoms with Crippen molar-refractivity contribution in [3.05, 3.63) is 18.2 Å². The number of hydrogen-bond acceptors (Lipinski definition) is 6. The van der Waals surface area contributed by atoms with Crippen molar-refractivity contribution in [1.29, 1.82) is 0 Å². The molecule has 0 radical (unpaired) electrons. The van der Waals surface area contributed by atoms with Gasteiger partial charge in [-0.15, -0.1) is 5.10 Å². The maximum atomic E-state index is 5.90. The summed E-state index contributed by atoms with van der Waals surface area (Å²) < 4.78 is 10.0. The molecule has 8 nitrogen and oxygen atoms in total. The Labute approximate surface area is 159 Å². The van der Waals surface area contributed by atoms with E-state index in [4.69, 9.17) is 4.74 Å². The van der Waals surface area contributed by atoms with Gasteiger partial charge in [0.05, 0.1) is 23.9 Å². The van der Waals surface area contributed by atoms with E-state index in [-0.39, 0.29) is 12.1 Å². The van der Waals surface area contributed by atoms with Crippen molar-refractivity contribution in [2.45, 2.75) is 63.6 Å². The van der Waals surface area contributed by atoms with Crippen LogP contribution in [0.15, 0.2) is 12.5 Å². The molecular weight excluding hydrogens is 342 g/mol. The smallest absolute Gasteiger partial charge is 0.224 e. The molecule has 4 atom stereocenters. The summed E-state index contributed by atoms with van der Waals surface area (Å²) in [6, 6.07) is 0.597. The number of anilines is 1. The van der Waals surface area contributed by atoms with Gasteiger partial charge in [0.1, 0.15) is 6.33 Å². The van der Waals surface area contributed by atoms with Crippen molar-refractivity contribution >= 4 is 5.95 Å². The molecule has 1 saturated heterocycles. The summed E-state index contributed by atoms with van der Waals surface area (Å²) in [4.78, 5) is 6.95. The van der Waals surface area contributed by atoms with Crippen molar-refractivity contribution in [3.63, 3.8) is 0 Å². The van der Waals surface area contributed by atoms with Gasteiger partial charge in [-0.2, -0.15) is 10.1 Å². The van der Waals surface area contributed by atoms with Gasteiger partial charge in [0.15, 0.2) is 0 Å². The largest absolute Gasteiger partial charge is 0.379 e. The molecule has 0 aromatic carbocycles. The molecule has 3 aliphatic rings. The molecule has 2 aromatic rings. The Hall–Kier alpha value is -1.96. The standard InChI is InChI=1S/C19H29N7O/c1-12(2)26-19(20-11-21-26)24-8-14-6-17(18(27-3)7-15(14)9-24)25-10-16(22-23-25)13-4-5-13/h10-15,17-18H,4-9H2,1-3H3/t14-,15+,17-,18-/m1/s1. The van der Waals surface area contributed by atoms with Crippen LogP contribution in [-0.2, 0) is 4.74 Å². The van der Waals surface area contributed by atoms with E-state index in [0.717, 1.165) is 37.6 Å². The fraction of sp³-hybridized carbons (Fsp3) is 0.789. The predicted molar refractivity (Wildman–Crippen MR) is 101 cm³/mol. The third kappa shape index (κ3) is 3.03. The third-order valence-electron chi connectivity index (χ3n) is 6.58. The second-order valence-corrected chi connectivity index (χ2v) is 8.73. The summed E-state index contributed by atoms with van der Waals surface area (Å²) >= 11 is 0. The molecule has 2 saturated carbocycles. The first-order valence-corrected chi connectivity index (χ1v) is 10.2. The van der Waals surface area contributed by atoms with Crippen LogP contribution in [0.3, 0.4) is 0 Å². The monoisotopic (exact) mass is 371 g/mol. The van der Waals surface area contributed by atoms with Crippen LogP contribution in [0, 0.1) is 11.8 Å². The molecule has 2 aliphatic carbocycles. The van der Waals surface area contributed by atoms with Crippen LogP contribution >= 0.6 is 0 Å². The zero-order chi connectivity index (χ0) is 18.5. The molecular formula is C19H29N7O. The molecule has 0 spiro atoms. The Morgan fingerprint density at radius 1 is 1.15 bits per heavy atom. The topological polar surface area (TPSA) is 73.9 Å². The summed E-state index contributed by atoms with van der Waals surface area (Å²) in [6.45, 7) is 6.38. The molecule has 2 aromatic heterocycles. The van der Waals surface area contributed by atoms with Crippen molar-refractivity contribution in [1.82, 2.24) is 29.8 Å². The second kappa shape index (κ2) is 6.58. The summed E-state index contributed by atoms with van der Waals surface area (Å²) in [5, 5.41) is 13.3. The summed E-state index contributed by atoms with van der Waals surface area (Å²) in [5.41, 5.74) is 1.16. The molecule has 0 N–H and O–H groups in total. The minimum atomic E-state index is 0.197. The maximum absolute atomic E-state index is 5.90. The maximum Gasteiger partial charge on any atom is 0.224 e. The van der Waals surface area contributed by atoms with E-state index in [9.17, 15) is 0 Å². The number of rotatable bonds is 5. The van der Waals surface area contributed by atoms with Crippen LogP contribution < -0.4 is 4.90 Å². The van der Waals surface area contributed by atoms with Gasteiger partial charge < -0.3 is 9.64 Å². The van der Waals surface area contributed by atoms with Gasteiger partial charge in [0.25, 0.3) is 0 Å². The molecule has 3 fully saturated rings. The van der Waals surface area contributed by atoms with Gasteiger partial charge in [0, 0.05) is 32.3 Å². The minimum absolute atomic E-state index is 0.197. The van der Waals surface area contributed by atoms with Crippen molar-refractivity contribution in [3.8, 4) is 0 Å². The minimum Gasteiger partial charge on any atom is -0.379 e. The van der Waals surface area contributed by atoms with Crippen LogP contribution in [0.4, 0.5) is 5.95 Å². The summed E-state index contributed by atoms with van der Waals surface area (Å²) in [7, 11) is 1.83. The van der Waals surface area contributed by atoms with E-state index < -0.39 is 0 Å². The van der Waals surface area contributed by atoms with Crippen LogP contribution in [0.2, 0.25) is 0 Å². The highest BCUT2D eigenvalue weighted by Crippen LogP contribution is 2.44. The number of ether oxygens (including phenoxy) is 1. The molecule has 27 heavy (non-hydrogen) atoms. The number of hydrogen-bond donors (Lipinski definition) is 0. The Morgan fingerprint density at radius 3 is 2.63 bits per heavy atom. The highest BCUT2D eigenvalue weighted by atomic mass is 16.5. The van der Waals surface area contributed by atoms with Gasteiger partial charge in [-0.25, -0.2) is 9.36 Å². The Bertz CT molecular complexity index is 796. The predicted octanol–water partition coefficient (Wildman–Crippen LogP) is 2.43. The van der Waals surface area contributed by atoms with E-state index in [1.54, 1.807) is 6.33 Å². The van der Waals surface area contributed by atoms with Crippen LogP contribution in [0.25, 0.3) is 0 Å². The summed E-state index contributed by atoms with van der Waals surface area (Å²) in [5.74, 6) is 2.91. The first-order chi connectivity index (χ1) is 13.1. The van der Waals surface area contributed by atoms with Gasteiger partial charge in [-0.3, -0.25) is 0 Å². The van der Waals surface area contributed by atoms with Gasteiger partial charge >= 0.3 is 0 Å². The van der Waals surface area contributed by atoms with Crippen molar-refractivity contribution < 1.29 is 4.74 Å². The van der Waals surface area contributed by atoms with Crippen LogP contribution in [0.1, 0.15) is 63.2 Å². The Kier molecular flexibility index (Phi) is 4.18. The lowest BCUT2D eigenvalue weighted by molar-refractivity contribution is -0.00542. The molecule has 146 valence electrons. The molecule has 0 unspecified atom stereocenters. The quantitative estimate of drug-likeness (QED) is 0.804. The van der Waals surface area contributed by atoms with E-state index in [0.29, 0.717) is 23.8 Å². The van der Waals surface area contributed by atoms with E-state index in [1.807, 2.05) is 11.8 Å². The third-order valence-corrected chi connectivity index (χ3v) is 6.58. The van der Waals surface area contributed by atoms with E-state index in [2.05, 4.69) is 50.0 Å². The molecule has 1 aliphatic heterocycles. The van der Waals surface area contributed by atoms with Crippen molar-refractivity contribution in [2.24, 2.45) is 11.8 Å². The van der Waals surface area contributed by atoms with Gasteiger partial charge in [0.2, 0.25) is 5.95 Å². The molecule has 8 heteroatoms. The lowest BCUT2D eigenvalue weighted by atomic mass is 9.77. The van der Waals surface area contributed by atoms with Crippen molar-refractivity contribution in [2.75, 3.05) is 25.1 Å². The lowest BCUT2D eigenvalue weighted by Crippen LogP contribution is -2.37. The molecule has 3 heterocycles. The zero-order valence-corrected chi connectivity index (χ0v) is 16.4. The van der Waals surface area contributed by atoms with E-state index in [1.165, 1.54) is 12.8 Å². The fourth-order valence-corrected chi connectivity index (χ4v) is 4.94. The van der Waals surface area contributed by atoms with Crippen LogP contribution in [-0.4, -0.2) is 56.1 Å². The first kappa shape index (κ1) is 17.2. The first-order valence-electron chi connectivity index (χ1n) is 10.2. The van der Waals surface area contributed by atoms with Gasteiger partial charge in [-0.1, -0.05) is 5.21 Å². The number of methoxy groups -OCH3 is 1. The number of nitrogens with zero attached hydrogens (tertiary/aromatic N) is 7. The normalized spacial score (nSPS) is 30.9. The Morgan fingerprint density at radius 2 is 1.93 bits per heavy atom.